The first kappa shape index (κ1) is 17.9. The van der Waals surface area contributed by atoms with Crippen LogP contribution in [-0.4, -0.2) is 56.9 Å². The molecule has 0 N–H and O–H groups in total. The quantitative estimate of drug-likeness (QED) is 0.514. The summed E-state index contributed by atoms with van der Waals surface area (Å²) in [4.78, 5) is 13.9. The highest BCUT2D eigenvalue weighted by Gasteiger charge is 2.10. The second-order valence-electron chi connectivity index (χ2n) is 5.58. The van der Waals surface area contributed by atoms with Gasteiger partial charge in [-0.3, -0.25) is 9.69 Å². The molecular weight excluding hydrogens is 294 g/mol. The number of benzene rings is 1. The van der Waals surface area contributed by atoms with Crippen LogP contribution in [0.4, 0.5) is 0 Å². The van der Waals surface area contributed by atoms with Gasteiger partial charge in [-0.2, -0.15) is 0 Å². The van der Waals surface area contributed by atoms with E-state index in [1.807, 2.05) is 19.1 Å². The zero-order valence-corrected chi connectivity index (χ0v) is 14.0. The average Bonchev–Trinajstić information content (AvgIpc) is 2.59. The lowest BCUT2D eigenvalue weighted by Crippen LogP contribution is -2.38. The van der Waals surface area contributed by atoms with E-state index in [4.69, 9.17) is 14.2 Å². The summed E-state index contributed by atoms with van der Waals surface area (Å²) in [5, 5.41) is 0. The number of hydrogen-bond donors (Lipinski definition) is 0. The number of nitrogens with zero attached hydrogens (tertiary/aromatic N) is 1. The molecule has 0 aliphatic carbocycles. The van der Waals surface area contributed by atoms with E-state index in [0.29, 0.717) is 32.7 Å². The Hall–Kier alpha value is -1.43. The van der Waals surface area contributed by atoms with Gasteiger partial charge in [0.25, 0.3) is 0 Å². The standard InChI is InChI=1S/C18H27NO4/c1-2-23-18(20)8-7-16-5-3-4-6-17(16)15-22-14-11-19-9-12-21-13-10-19/h3-6H,2,7-15H2,1H3. The third-order valence-corrected chi connectivity index (χ3v) is 3.94. The van der Waals surface area contributed by atoms with Crippen LogP contribution in [0.25, 0.3) is 0 Å². The Labute approximate surface area is 138 Å². The van der Waals surface area contributed by atoms with E-state index < -0.39 is 0 Å². The maximum Gasteiger partial charge on any atom is 0.306 e. The maximum atomic E-state index is 11.5. The van der Waals surface area contributed by atoms with Crippen molar-refractivity contribution in [3.63, 3.8) is 0 Å². The lowest BCUT2D eigenvalue weighted by Gasteiger charge is -2.26. The van der Waals surface area contributed by atoms with Crippen molar-refractivity contribution in [2.75, 3.05) is 46.1 Å². The number of carbonyl (C=O) groups excluding carboxylic acids is 1. The van der Waals surface area contributed by atoms with E-state index in [-0.39, 0.29) is 5.97 Å². The van der Waals surface area contributed by atoms with Gasteiger partial charge in [0.1, 0.15) is 0 Å². The lowest BCUT2D eigenvalue weighted by atomic mass is 10.0. The summed E-state index contributed by atoms with van der Waals surface area (Å²) in [5.41, 5.74) is 2.31. The highest BCUT2D eigenvalue weighted by Crippen LogP contribution is 2.13. The van der Waals surface area contributed by atoms with Crippen LogP contribution in [0.1, 0.15) is 24.5 Å². The number of hydrogen-bond acceptors (Lipinski definition) is 5. The fraction of sp³-hybridized carbons (Fsp3) is 0.611. The second kappa shape index (κ2) is 10.4. The first-order chi connectivity index (χ1) is 11.3. The molecule has 0 bridgehead atoms. The van der Waals surface area contributed by atoms with Gasteiger partial charge >= 0.3 is 5.97 Å². The van der Waals surface area contributed by atoms with Crippen molar-refractivity contribution in [1.82, 2.24) is 4.90 Å². The Morgan fingerprint density at radius 2 is 1.96 bits per heavy atom. The summed E-state index contributed by atoms with van der Waals surface area (Å²) in [6, 6.07) is 8.13. The summed E-state index contributed by atoms with van der Waals surface area (Å²) < 4.78 is 16.1. The van der Waals surface area contributed by atoms with Gasteiger partial charge in [0.15, 0.2) is 0 Å². The van der Waals surface area contributed by atoms with Crippen molar-refractivity contribution in [3.8, 4) is 0 Å². The Morgan fingerprint density at radius 1 is 1.22 bits per heavy atom. The van der Waals surface area contributed by atoms with Crippen molar-refractivity contribution < 1.29 is 19.0 Å². The summed E-state index contributed by atoms with van der Waals surface area (Å²) in [6.45, 7) is 8.11. The van der Waals surface area contributed by atoms with Gasteiger partial charge in [-0.05, 0) is 24.5 Å². The number of morpholine rings is 1. The van der Waals surface area contributed by atoms with Gasteiger partial charge in [-0.1, -0.05) is 24.3 Å². The van der Waals surface area contributed by atoms with Crippen LogP contribution in [0.2, 0.25) is 0 Å². The summed E-state index contributed by atoms with van der Waals surface area (Å²) >= 11 is 0. The summed E-state index contributed by atoms with van der Waals surface area (Å²) in [5.74, 6) is -0.143. The third-order valence-electron chi connectivity index (χ3n) is 3.94. The summed E-state index contributed by atoms with van der Waals surface area (Å²) in [7, 11) is 0. The monoisotopic (exact) mass is 321 g/mol. The molecule has 128 valence electrons. The van der Waals surface area contributed by atoms with Crippen LogP contribution in [0.3, 0.4) is 0 Å². The molecule has 0 unspecified atom stereocenters. The van der Waals surface area contributed by atoms with Gasteiger partial charge in [0.05, 0.1) is 33.0 Å². The minimum Gasteiger partial charge on any atom is -0.466 e. The molecule has 0 spiro atoms. The molecule has 1 fully saturated rings. The molecular formula is C18H27NO4. The van der Waals surface area contributed by atoms with Crippen LogP contribution in [0.5, 0.6) is 0 Å². The molecule has 0 saturated carbocycles. The molecule has 0 aromatic heterocycles. The van der Waals surface area contributed by atoms with E-state index in [1.165, 1.54) is 0 Å². The molecule has 0 atom stereocenters. The number of ether oxygens (including phenoxy) is 3. The van der Waals surface area contributed by atoms with Crippen LogP contribution in [-0.2, 0) is 32.0 Å². The fourth-order valence-electron chi connectivity index (χ4n) is 2.61. The predicted octanol–water partition coefficient (Wildman–Crippen LogP) is 2.03. The number of carbonyl (C=O) groups is 1. The maximum absolute atomic E-state index is 11.5. The van der Waals surface area contributed by atoms with Gasteiger partial charge in [0.2, 0.25) is 0 Å². The number of rotatable bonds is 9. The highest BCUT2D eigenvalue weighted by molar-refractivity contribution is 5.69. The zero-order chi connectivity index (χ0) is 16.3. The van der Waals surface area contributed by atoms with Crippen molar-refractivity contribution in [3.05, 3.63) is 35.4 Å². The van der Waals surface area contributed by atoms with E-state index in [0.717, 1.165) is 44.0 Å². The molecule has 1 aliphatic heterocycles. The molecule has 2 rings (SSSR count). The third kappa shape index (κ3) is 6.69. The Morgan fingerprint density at radius 3 is 2.70 bits per heavy atom. The second-order valence-corrected chi connectivity index (χ2v) is 5.58. The number of esters is 1. The Kier molecular flexibility index (Phi) is 8.07. The fourth-order valence-corrected chi connectivity index (χ4v) is 2.61. The van der Waals surface area contributed by atoms with Gasteiger partial charge in [-0.25, -0.2) is 0 Å². The number of aryl methyl sites for hydroxylation is 1. The van der Waals surface area contributed by atoms with E-state index >= 15 is 0 Å². The lowest BCUT2D eigenvalue weighted by molar-refractivity contribution is -0.143. The van der Waals surface area contributed by atoms with Gasteiger partial charge in [-0.15, -0.1) is 0 Å². The molecule has 1 aliphatic rings. The zero-order valence-electron chi connectivity index (χ0n) is 14.0. The molecule has 23 heavy (non-hydrogen) atoms. The van der Waals surface area contributed by atoms with Crippen LogP contribution in [0, 0.1) is 0 Å². The molecule has 0 radical (unpaired) electrons. The molecule has 5 nitrogen and oxygen atoms in total. The molecule has 0 amide bonds. The largest absolute Gasteiger partial charge is 0.466 e. The van der Waals surface area contributed by atoms with Crippen molar-refractivity contribution >= 4 is 5.97 Å². The predicted molar refractivity (Wildman–Crippen MR) is 88.3 cm³/mol. The smallest absolute Gasteiger partial charge is 0.306 e. The first-order valence-electron chi connectivity index (χ1n) is 8.40. The van der Waals surface area contributed by atoms with Crippen LogP contribution in [0.15, 0.2) is 24.3 Å². The average molecular weight is 321 g/mol. The normalized spacial score (nSPS) is 15.5. The van der Waals surface area contributed by atoms with E-state index in [2.05, 4.69) is 17.0 Å². The Balaban J connectivity index is 1.72. The topological polar surface area (TPSA) is 48.0 Å². The van der Waals surface area contributed by atoms with Gasteiger partial charge in [0, 0.05) is 26.1 Å². The van der Waals surface area contributed by atoms with E-state index in [9.17, 15) is 4.79 Å². The molecule has 1 saturated heterocycles. The Bertz CT molecular complexity index is 472. The minimum atomic E-state index is -0.143. The molecule has 1 heterocycles. The minimum absolute atomic E-state index is 0.143. The van der Waals surface area contributed by atoms with Crippen molar-refractivity contribution in [2.24, 2.45) is 0 Å². The van der Waals surface area contributed by atoms with E-state index in [1.54, 1.807) is 0 Å². The van der Waals surface area contributed by atoms with Crippen molar-refractivity contribution in [2.45, 2.75) is 26.4 Å². The summed E-state index contributed by atoms with van der Waals surface area (Å²) in [6.07, 6.45) is 1.11. The van der Waals surface area contributed by atoms with Gasteiger partial charge < -0.3 is 14.2 Å². The molecule has 1 aromatic rings. The first-order valence-corrected chi connectivity index (χ1v) is 8.40. The highest BCUT2D eigenvalue weighted by atomic mass is 16.5. The molecule has 1 aromatic carbocycles. The molecule has 5 heteroatoms. The van der Waals surface area contributed by atoms with Crippen molar-refractivity contribution in [1.29, 1.82) is 0 Å². The van der Waals surface area contributed by atoms with Crippen LogP contribution >= 0.6 is 0 Å². The van der Waals surface area contributed by atoms with Crippen LogP contribution < -0.4 is 0 Å². The SMILES string of the molecule is CCOC(=O)CCc1ccccc1COCCN1CCOCC1.